The third kappa shape index (κ3) is 6.63. The Kier molecular flexibility index (Phi) is 11.4. The minimum Gasteiger partial charge on any atom is -0.147 e. The van der Waals surface area contributed by atoms with Crippen LogP contribution in [-0.4, -0.2) is 55.6 Å². The summed E-state index contributed by atoms with van der Waals surface area (Å²) < 4.78 is 20.3. The van der Waals surface area contributed by atoms with Crippen molar-refractivity contribution in [1.82, 2.24) is 20.0 Å². The van der Waals surface area contributed by atoms with Crippen LogP contribution in [0.15, 0.2) is 0 Å². The van der Waals surface area contributed by atoms with Gasteiger partial charge in [0, 0.05) is 0 Å². The number of nitrogens with zero attached hydrogens (tertiary/aromatic N) is 3. The molecule has 1 heterocycles. The summed E-state index contributed by atoms with van der Waals surface area (Å²) in [4.78, 5) is 0. The Labute approximate surface area is 154 Å². The van der Waals surface area contributed by atoms with E-state index in [1.54, 1.807) is 0 Å². The molecule has 1 rings (SSSR count). The largest absolute Gasteiger partial charge is 0.147 e. The van der Waals surface area contributed by atoms with E-state index in [0.717, 1.165) is 58.2 Å². The third-order valence-electron chi connectivity index (χ3n) is 3.97. The average molecular weight is 389 g/mol. The zero-order valence-corrected chi connectivity index (χ0v) is 18.0. The number of halogens is 1. The summed E-state index contributed by atoms with van der Waals surface area (Å²) in [5, 5.41) is 6.70. The van der Waals surface area contributed by atoms with E-state index < -0.39 is 7.59 Å². The van der Waals surface area contributed by atoms with Crippen molar-refractivity contribution in [2.75, 3.05) is 40.8 Å². The Hall–Kier alpha value is 0.440. The van der Waals surface area contributed by atoms with Crippen LogP contribution in [0.25, 0.3) is 0 Å². The van der Waals surface area contributed by atoms with Gasteiger partial charge < -0.3 is 0 Å². The van der Waals surface area contributed by atoms with Gasteiger partial charge in [-0.1, -0.05) is 0 Å². The molecule has 0 amide bonds. The van der Waals surface area contributed by atoms with Crippen LogP contribution in [0.3, 0.4) is 0 Å². The molecule has 148 valence electrons. The molecule has 1 saturated heterocycles. The molecule has 0 aromatic heterocycles. The molecule has 7 nitrogen and oxygen atoms in total. The maximum Gasteiger partial charge on any atom is -0.147 e. The van der Waals surface area contributed by atoms with E-state index in [1.807, 2.05) is 31.3 Å². The van der Waals surface area contributed by atoms with Crippen molar-refractivity contribution in [2.24, 2.45) is 0 Å². The molecule has 0 atom stereocenters. The Morgan fingerprint density at radius 2 is 1.17 bits per heavy atom. The maximum atomic E-state index is 6.24. The van der Waals surface area contributed by atoms with Gasteiger partial charge in [0.05, 0.1) is 0 Å². The Balaban J connectivity index is 0.00000529. The fraction of sp³-hybridized carbons (Fsp3) is 1.00. The summed E-state index contributed by atoms with van der Waals surface area (Å²) in [5.74, 6) is 0. The number of rotatable bonds is 14. The van der Waals surface area contributed by atoms with Crippen molar-refractivity contribution in [3.63, 3.8) is 0 Å². The molecule has 0 bridgehead atoms. The van der Waals surface area contributed by atoms with Gasteiger partial charge >= 0.3 is 142 Å². The van der Waals surface area contributed by atoms with Gasteiger partial charge in [-0.15, -0.1) is 12.4 Å². The monoisotopic (exact) mass is 388 g/mol. The normalized spacial score (nSPS) is 20.0. The standard InChI is InChI=1S/C15H37N4O3P.ClH/c1-7-10-13-17(4)21-23(16-20-23,19(6)15-12-9-3)22-18(5)14-11-8-2;/h16H,7-15H2,1-6H3;1H. The van der Waals surface area contributed by atoms with Crippen LogP contribution in [0.4, 0.5) is 0 Å². The fourth-order valence-electron chi connectivity index (χ4n) is 2.29. The molecule has 0 aromatic rings. The predicted molar refractivity (Wildman–Crippen MR) is 103 cm³/mol. The topological polar surface area (TPSA) is 62.7 Å². The molecule has 0 aromatic carbocycles. The second kappa shape index (κ2) is 11.2. The van der Waals surface area contributed by atoms with Gasteiger partial charge in [-0.25, -0.2) is 0 Å². The zero-order valence-electron chi connectivity index (χ0n) is 16.3. The van der Waals surface area contributed by atoms with Gasteiger partial charge in [0.25, 0.3) is 0 Å². The molecule has 24 heavy (non-hydrogen) atoms. The number of unbranched alkanes of at least 4 members (excludes halogenated alkanes) is 3. The SMILES string of the molecule is CCCCN(C)OP1(ON(C)CCCC)(N(C)CCCC)NO1.Cl. The van der Waals surface area contributed by atoms with Crippen molar-refractivity contribution in [3.8, 4) is 0 Å². The molecule has 1 aliphatic rings. The number of hydroxylamine groups is 4. The number of hydrogen-bond acceptors (Lipinski definition) is 7. The van der Waals surface area contributed by atoms with Crippen LogP contribution in [-0.2, 0) is 13.9 Å². The van der Waals surface area contributed by atoms with Crippen molar-refractivity contribution < 1.29 is 13.9 Å². The number of hydrogen-bond donors (Lipinski definition) is 1. The first kappa shape index (κ1) is 24.4. The van der Waals surface area contributed by atoms with E-state index in [9.17, 15) is 0 Å². The molecule has 9 heteroatoms. The van der Waals surface area contributed by atoms with E-state index in [2.05, 4.69) is 30.7 Å². The Bertz CT molecular complexity index is 331. The molecule has 0 aliphatic carbocycles. The summed E-state index contributed by atoms with van der Waals surface area (Å²) in [7, 11) is 2.47. The summed E-state index contributed by atoms with van der Waals surface area (Å²) in [6.07, 6.45) is 6.60. The molecule has 0 spiro atoms. The zero-order chi connectivity index (χ0) is 17.4. The molecule has 0 saturated carbocycles. The minimum absolute atomic E-state index is 0. The first-order valence-electron chi connectivity index (χ1n) is 8.95. The van der Waals surface area contributed by atoms with Crippen molar-refractivity contribution in [2.45, 2.75) is 59.3 Å². The Morgan fingerprint density at radius 3 is 1.50 bits per heavy atom. The molecular weight excluding hydrogens is 351 g/mol. The summed E-state index contributed by atoms with van der Waals surface area (Å²) in [5.41, 5.74) is 0. The second-order valence-corrected chi connectivity index (χ2v) is 9.39. The van der Waals surface area contributed by atoms with Gasteiger partial charge in [0.15, 0.2) is 0 Å². The van der Waals surface area contributed by atoms with Crippen LogP contribution < -0.4 is 5.25 Å². The van der Waals surface area contributed by atoms with Crippen LogP contribution in [0, 0.1) is 0 Å². The number of nitrogens with one attached hydrogen (secondary N) is 1. The molecule has 1 aliphatic heterocycles. The van der Waals surface area contributed by atoms with E-state index in [-0.39, 0.29) is 12.4 Å². The van der Waals surface area contributed by atoms with Crippen LogP contribution in [0.2, 0.25) is 0 Å². The van der Waals surface area contributed by atoms with Crippen LogP contribution >= 0.6 is 20.0 Å². The van der Waals surface area contributed by atoms with Gasteiger partial charge in [0.1, 0.15) is 0 Å². The smallest absolute Gasteiger partial charge is 0.147 e. The second-order valence-electron chi connectivity index (χ2n) is 6.33. The van der Waals surface area contributed by atoms with Crippen LogP contribution in [0.5, 0.6) is 0 Å². The third-order valence-corrected chi connectivity index (χ3v) is 7.12. The van der Waals surface area contributed by atoms with Crippen molar-refractivity contribution >= 4 is 20.0 Å². The molecule has 1 fully saturated rings. The van der Waals surface area contributed by atoms with E-state index in [4.69, 9.17) is 13.9 Å². The van der Waals surface area contributed by atoms with Crippen molar-refractivity contribution in [3.05, 3.63) is 0 Å². The average Bonchev–Trinajstić information content (AvgIpc) is 3.24. The summed E-state index contributed by atoms with van der Waals surface area (Å²) in [6, 6.07) is 0. The molecule has 1 N–H and O–H groups in total. The molecule has 0 radical (unpaired) electrons. The maximum absolute atomic E-state index is 6.24. The van der Waals surface area contributed by atoms with Gasteiger partial charge in [0.2, 0.25) is 0 Å². The first-order chi connectivity index (χ1) is 10.9. The van der Waals surface area contributed by atoms with Crippen molar-refractivity contribution in [1.29, 1.82) is 0 Å². The summed E-state index contributed by atoms with van der Waals surface area (Å²) >= 11 is 0. The van der Waals surface area contributed by atoms with E-state index in [1.165, 1.54) is 0 Å². The van der Waals surface area contributed by atoms with Gasteiger partial charge in [-0.2, -0.15) is 0 Å². The first-order valence-corrected chi connectivity index (χ1v) is 10.9. The Morgan fingerprint density at radius 1 is 0.792 bits per heavy atom. The van der Waals surface area contributed by atoms with E-state index in [0.29, 0.717) is 0 Å². The quantitative estimate of drug-likeness (QED) is 0.272. The summed E-state index contributed by atoms with van der Waals surface area (Å²) in [6.45, 7) is 9.09. The molecule has 0 unspecified atom stereocenters. The molecular formula is C15H38ClN4O3P. The minimum atomic E-state index is -3.42. The predicted octanol–water partition coefficient (Wildman–Crippen LogP) is 4.13. The van der Waals surface area contributed by atoms with Gasteiger partial charge in [-0.3, -0.25) is 0 Å². The van der Waals surface area contributed by atoms with E-state index >= 15 is 0 Å². The van der Waals surface area contributed by atoms with Gasteiger partial charge in [-0.05, 0) is 0 Å². The fourth-order valence-corrected chi connectivity index (χ4v) is 5.03. The van der Waals surface area contributed by atoms with Crippen LogP contribution in [0.1, 0.15) is 59.3 Å².